The minimum Gasteiger partial charge on any atom is -0.393 e. The molecule has 0 bridgehead atoms. The summed E-state index contributed by atoms with van der Waals surface area (Å²) >= 11 is 0. The fourth-order valence-corrected chi connectivity index (χ4v) is 7.14. The monoisotopic (exact) mass is 316 g/mol. The van der Waals surface area contributed by atoms with Gasteiger partial charge < -0.3 is 5.11 Å². The van der Waals surface area contributed by atoms with Crippen molar-refractivity contribution in [2.24, 2.45) is 35.0 Å². The van der Waals surface area contributed by atoms with Crippen LogP contribution in [0, 0.1) is 35.0 Å². The number of fused-ring (bicyclic) bond motifs is 5. The van der Waals surface area contributed by atoms with Crippen LogP contribution in [0.5, 0.6) is 0 Å². The van der Waals surface area contributed by atoms with Crippen molar-refractivity contribution in [1.29, 1.82) is 0 Å². The second kappa shape index (κ2) is 5.72. The quantitative estimate of drug-likeness (QED) is 0.813. The molecule has 0 aliphatic heterocycles. The number of hydrogen-bond acceptors (Lipinski definition) is 2. The van der Waals surface area contributed by atoms with Gasteiger partial charge in [-0.1, -0.05) is 19.4 Å². The second-order valence-electron chi connectivity index (χ2n) is 9.01. The third kappa shape index (κ3) is 2.35. The first-order valence-electron chi connectivity index (χ1n) is 9.96. The van der Waals surface area contributed by atoms with Crippen LogP contribution < -0.4 is 0 Å². The molecule has 2 nitrogen and oxygen atoms in total. The van der Waals surface area contributed by atoms with Gasteiger partial charge in [0.05, 0.1) is 6.10 Å². The van der Waals surface area contributed by atoms with Crippen LogP contribution in [0.15, 0.2) is 11.6 Å². The number of ketones is 1. The van der Waals surface area contributed by atoms with Crippen LogP contribution in [0.4, 0.5) is 0 Å². The van der Waals surface area contributed by atoms with Gasteiger partial charge in [0.2, 0.25) is 0 Å². The Bertz CT molecular complexity index is 522. The summed E-state index contributed by atoms with van der Waals surface area (Å²) in [7, 11) is 0. The minimum atomic E-state index is -0.104. The molecule has 0 saturated heterocycles. The molecule has 0 spiro atoms. The Morgan fingerprint density at radius 3 is 2.78 bits per heavy atom. The van der Waals surface area contributed by atoms with E-state index in [2.05, 4.69) is 13.8 Å². The lowest BCUT2D eigenvalue weighted by molar-refractivity contribution is -0.116. The zero-order chi connectivity index (χ0) is 16.2. The molecule has 3 fully saturated rings. The van der Waals surface area contributed by atoms with E-state index in [1.54, 1.807) is 0 Å². The number of hydrogen-bond donors (Lipinski definition) is 1. The summed E-state index contributed by atoms with van der Waals surface area (Å²) in [6.07, 6.45) is 12.3. The van der Waals surface area contributed by atoms with E-state index in [1.807, 2.05) is 6.08 Å². The molecular weight excluding hydrogens is 284 g/mol. The Morgan fingerprint density at radius 2 is 2.00 bits per heavy atom. The maximum atomic E-state index is 11.8. The van der Waals surface area contributed by atoms with Crippen molar-refractivity contribution in [3.63, 3.8) is 0 Å². The summed E-state index contributed by atoms with van der Waals surface area (Å²) in [5.74, 6) is 4.06. The summed E-state index contributed by atoms with van der Waals surface area (Å²) in [6.45, 7) is 4.61. The number of carbonyl (C=O) groups is 1. The first-order valence-corrected chi connectivity index (χ1v) is 9.96. The molecule has 7 atom stereocenters. The number of aliphatic hydroxyl groups is 1. The number of aliphatic hydroxyl groups excluding tert-OH is 1. The highest BCUT2D eigenvalue weighted by molar-refractivity contribution is 5.91. The largest absolute Gasteiger partial charge is 0.393 e. The van der Waals surface area contributed by atoms with Gasteiger partial charge in [-0.3, -0.25) is 4.79 Å². The molecule has 0 aromatic carbocycles. The van der Waals surface area contributed by atoms with Crippen LogP contribution in [-0.2, 0) is 4.79 Å². The van der Waals surface area contributed by atoms with Gasteiger partial charge >= 0.3 is 0 Å². The van der Waals surface area contributed by atoms with E-state index in [-0.39, 0.29) is 6.10 Å². The van der Waals surface area contributed by atoms with Crippen molar-refractivity contribution in [2.75, 3.05) is 0 Å². The standard InChI is InChI=1S/C21H32O2/c1-3-20(23)19-9-8-18-17-6-4-13-12-14(22)5-7-15(13)16(17)10-11-21(18,19)2/h12,15-20,23H,3-11H2,1-2H3/t15-,16+,17+,18+,19-,20-,21-/m0/s1. The molecule has 4 aliphatic carbocycles. The number of carbonyl (C=O) groups excluding carboxylic acids is 1. The van der Waals surface area contributed by atoms with E-state index in [4.69, 9.17) is 0 Å². The molecule has 4 aliphatic rings. The summed E-state index contributed by atoms with van der Waals surface area (Å²) in [5, 5.41) is 10.5. The first kappa shape index (κ1) is 15.9. The van der Waals surface area contributed by atoms with Crippen molar-refractivity contribution < 1.29 is 9.90 Å². The van der Waals surface area contributed by atoms with Gasteiger partial charge in [-0.25, -0.2) is 0 Å². The first-order chi connectivity index (χ1) is 11.0. The third-order valence-electron chi connectivity index (χ3n) is 8.26. The molecule has 3 saturated carbocycles. The van der Waals surface area contributed by atoms with Crippen LogP contribution in [0.3, 0.4) is 0 Å². The molecule has 0 heterocycles. The van der Waals surface area contributed by atoms with Gasteiger partial charge in [0.1, 0.15) is 0 Å². The molecule has 0 aromatic heterocycles. The predicted octanol–water partition coefficient (Wildman–Crippen LogP) is 4.52. The second-order valence-corrected chi connectivity index (χ2v) is 9.01. The van der Waals surface area contributed by atoms with Crippen molar-refractivity contribution >= 4 is 5.78 Å². The fourth-order valence-electron chi connectivity index (χ4n) is 7.14. The molecule has 0 unspecified atom stereocenters. The Hall–Kier alpha value is -0.630. The van der Waals surface area contributed by atoms with Gasteiger partial charge in [0.15, 0.2) is 5.78 Å². The van der Waals surface area contributed by atoms with Crippen LogP contribution in [-0.4, -0.2) is 17.0 Å². The van der Waals surface area contributed by atoms with E-state index in [0.717, 1.165) is 43.4 Å². The lowest BCUT2D eigenvalue weighted by Gasteiger charge is -2.54. The van der Waals surface area contributed by atoms with E-state index in [1.165, 1.54) is 37.7 Å². The average molecular weight is 316 g/mol. The lowest BCUT2D eigenvalue weighted by atomic mass is 9.51. The highest BCUT2D eigenvalue weighted by Gasteiger charge is 2.57. The van der Waals surface area contributed by atoms with E-state index in [9.17, 15) is 9.90 Å². The molecule has 0 radical (unpaired) electrons. The van der Waals surface area contributed by atoms with Crippen LogP contribution in [0.1, 0.15) is 71.6 Å². The molecular formula is C21H32O2. The van der Waals surface area contributed by atoms with Crippen molar-refractivity contribution in [3.8, 4) is 0 Å². The number of rotatable bonds is 2. The molecule has 23 heavy (non-hydrogen) atoms. The molecule has 128 valence electrons. The average Bonchev–Trinajstić information content (AvgIpc) is 2.90. The third-order valence-corrected chi connectivity index (χ3v) is 8.26. The minimum absolute atomic E-state index is 0.104. The van der Waals surface area contributed by atoms with Gasteiger partial charge in [0, 0.05) is 6.42 Å². The zero-order valence-corrected chi connectivity index (χ0v) is 14.8. The lowest BCUT2D eigenvalue weighted by Crippen LogP contribution is -2.48. The van der Waals surface area contributed by atoms with Crippen molar-refractivity contribution in [1.82, 2.24) is 0 Å². The van der Waals surface area contributed by atoms with Gasteiger partial charge in [-0.2, -0.15) is 0 Å². The van der Waals surface area contributed by atoms with Gasteiger partial charge in [0.25, 0.3) is 0 Å². The number of allylic oxidation sites excluding steroid dienone is 1. The summed E-state index contributed by atoms with van der Waals surface area (Å²) in [5.41, 5.74) is 1.84. The molecule has 1 N–H and O–H groups in total. The van der Waals surface area contributed by atoms with Crippen molar-refractivity contribution in [2.45, 2.75) is 77.7 Å². The van der Waals surface area contributed by atoms with Crippen LogP contribution in [0.25, 0.3) is 0 Å². The van der Waals surface area contributed by atoms with E-state index < -0.39 is 0 Å². The Kier molecular flexibility index (Phi) is 3.95. The Labute approximate surface area is 140 Å². The topological polar surface area (TPSA) is 37.3 Å². The zero-order valence-electron chi connectivity index (χ0n) is 14.8. The molecule has 0 amide bonds. The summed E-state index contributed by atoms with van der Waals surface area (Å²) < 4.78 is 0. The Morgan fingerprint density at radius 1 is 1.17 bits per heavy atom. The SMILES string of the molecule is CC[C@H](O)[C@@H]1CC[C@@H]2[C@@H]3CCC4=CC(=O)CC[C@@H]4[C@H]3CC[C@@]21C. The van der Waals surface area contributed by atoms with Gasteiger partial charge in [-0.15, -0.1) is 0 Å². The predicted molar refractivity (Wildman–Crippen MR) is 91.9 cm³/mol. The summed E-state index contributed by atoms with van der Waals surface area (Å²) in [4.78, 5) is 11.8. The highest BCUT2D eigenvalue weighted by atomic mass is 16.3. The normalized spacial score (nSPS) is 47.3. The van der Waals surface area contributed by atoms with E-state index >= 15 is 0 Å². The van der Waals surface area contributed by atoms with Crippen LogP contribution in [0.2, 0.25) is 0 Å². The maximum Gasteiger partial charge on any atom is 0.155 e. The Balaban J connectivity index is 1.59. The molecule has 0 aromatic rings. The van der Waals surface area contributed by atoms with Crippen LogP contribution >= 0.6 is 0 Å². The molecule has 2 heteroatoms. The molecule has 4 rings (SSSR count). The maximum absolute atomic E-state index is 11.8. The smallest absolute Gasteiger partial charge is 0.155 e. The fraction of sp³-hybridized carbons (Fsp3) is 0.857. The summed E-state index contributed by atoms with van der Waals surface area (Å²) in [6, 6.07) is 0. The van der Waals surface area contributed by atoms with Gasteiger partial charge in [-0.05, 0) is 92.4 Å². The van der Waals surface area contributed by atoms with E-state index in [0.29, 0.717) is 23.0 Å². The highest BCUT2D eigenvalue weighted by Crippen LogP contribution is 2.64. The van der Waals surface area contributed by atoms with Crippen molar-refractivity contribution in [3.05, 3.63) is 11.6 Å².